The average molecular weight is 258 g/mol. The van der Waals surface area contributed by atoms with Crippen LogP contribution in [-0.2, 0) is 13.5 Å². The van der Waals surface area contributed by atoms with Crippen molar-refractivity contribution in [2.24, 2.45) is 7.05 Å². The summed E-state index contributed by atoms with van der Waals surface area (Å²) in [5.41, 5.74) is 2.32. The molecule has 0 aliphatic heterocycles. The van der Waals surface area contributed by atoms with Crippen LogP contribution in [0.2, 0.25) is 0 Å². The van der Waals surface area contributed by atoms with E-state index in [1.165, 1.54) is 5.69 Å². The van der Waals surface area contributed by atoms with Gasteiger partial charge >= 0.3 is 0 Å². The summed E-state index contributed by atoms with van der Waals surface area (Å²) in [4.78, 5) is 8.76. The fraction of sp³-hybridized carbons (Fsp3) is 0.231. The van der Waals surface area contributed by atoms with Crippen molar-refractivity contribution in [1.29, 1.82) is 0 Å². The summed E-state index contributed by atoms with van der Waals surface area (Å²) < 4.78 is 3.26. The van der Waals surface area contributed by atoms with Crippen molar-refractivity contribution in [2.75, 3.05) is 11.9 Å². The highest BCUT2D eigenvalue weighted by atomic mass is 32.1. The summed E-state index contributed by atoms with van der Waals surface area (Å²) in [5, 5.41) is 5.30. The quantitative estimate of drug-likeness (QED) is 0.782. The molecule has 1 N–H and O–H groups in total. The molecule has 92 valence electrons. The van der Waals surface area contributed by atoms with Gasteiger partial charge in [0.1, 0.15) is 0 Å². The molecule has 0 radical (unpaired) electrons. The van der Waals surface area contributed by atoms with E-state index in [9.17, 15) is 0 Å². The minimum absolute atomic E-state index is 0.704. The number of nitrogens with zero attached hydrogens (tertiary/aromatic N) is 3. The number of anilines is 1. The summed E-state index contributed by atoms with van der Waals surface area (Å²) in [6.07, 6.45) is 4.90. The third kappa shape index (κ3) is 2.22. The lowest BCUT2D eigenvalue weighted by Crippen LogP contribution is -2.09. The Morgan fingerprint density at radius 3 is 3.17 bits per heavy atom. The predicted octanol–water partition coefficient (Wildman–Crippen LogP) is 2.68. The van der Waals surface area contributed by atoms with Crippen molar-refractivity contribution in [3.8, 4) is 0 Å². The summed E-state index contributed by atoms with van der Waals surface area (Å²) in [6, 6.07) is 6.21. The van der Waals surface area contributed by atoms with Crippen LogP contribution in [0.1, 0.15) is 5.69 Å². The van der Waals surface area contributed by atoms with Crippen LogP contribution in [0, 0.1) is 0 Å². The molecule has 0 fully saturated rings. The SMILES string of the molecule is Cn1cccc1CCNc1ncc2sccc2n1. The molecule has 0 aliphatic carbocycles. The van der Waals surface area contributed by atoms with Gasteiger partial charge in [-0.1, -0.05) is 0 Å². The molecule has 18 heavy (non-hydrogen) atoms. The van der Waals surface area contributed by atoms with Crippen LogP contribution in [0.15, 0.2) is 36.0 Å². The lowest BCUT2D eigenvalue weighted by atomic mass is 10.3. The Bertz CT molecular complexity index is 656. The van der Waals surface area contributed by atoms with Crippen molar-refractivity contribution in [3.63, 3.8) is 0 Å². The topological polar surface area (TPSA) is 42.7 Å². The van der Waals surface area contributed by atoms with Crippen molar-refractivity contribution >= 4 is 27.5 Å². The van der Waals surface area contributed by atoms with E-state index in [-0.39, 0.29) is 0 Å². The summed E-state index contributed by atoms with van der Waals surface area (Å²) in [6.45, 7) is 0.841. The molecule has 0 saturated heterocycles. The number of hydrogen-bond acceptors (Lipinski definition) is 4. The standard InChI is InChI=1S/C13H14N4S/c1-17-7-2-3-10(17)4-6-14-13-15-9-12-11(16-13)5-8-18-12/h2-3,5,7-9H,4,6H2,1H3,(H,14,15,16). The van der Waals surface area contributed by atoms with Crippen molar-refractivity contribution in [3.05, 3.63) is 41.7 Å². The lowest BCUT2D eigenvalue weighted by Gasteiger charge is -2.05. The number of nitrogens with one attached hydrogen (secondary N) is 1. The van der Waals surface area contributed by atoms with Crippen molar-refractivity contribution < 1.29 is 0 Å². The normalized spacial score (nSPS) is 10.9. The lowest BCUT2D eigenvalue weighted by molar-refractivity contribution is 0.816. The van der Waals surface area contributed by atoms with Gasteiger partial charge in [0.05, 0.1) is 16.4 Å². The van der Waals surface area contributed by atoms with E-state index in [1.807, 2.05) is 17.6 Å². The van der Waals surface area contributed by atoms with E-state index >= 15 is 0 Å². The molecule has 0 unspecified atom stereocenters. The van der Waals surface area contributed by atoms with E-state index in [2.05, 4.69) is 45.2 Å². The molecule has 0 spiro atoms. The maximum Gasteiger partial charge on any atom is 0.223 e. The highest BCUT2D eigenvalue weighted by molar-refractivity contribution is 7.17. The first-order chi connectivity index (χ1) is 8.83. The molecule has 3 aromatic heterocycles. The van der Waals surface area contributed by atoms with Gasteiger partial charge in [0.25, 0.3) is 0 Å². The average Bonchev–Trinajstić information content (AvgIpc) is 2.98. The highest BCUT2D eigenvalue weighted by Gasteiger charge is 2.01. The molecule has 3 aromatic rings. The summed E-state index contributed by atoms with van der Waals surface area (Å²) >= 11 is 1.66. The van der Waals surface area contributed by atoms with Gasteiger partial charge in [-0.15, -0.1) is 11.3 Å². The Hall–Kier alpha value is -1.88. The Kier molecular flexibility index (Phi) is 2.98. The van der Waals surface area contributed by atoms with Gasteiger partial charge in [-0.3, -0.25) is 0 Å². The fourth-order valence-electron chi connectivity index (χ4n) is 1.91. The Balaban J connectivity index is 1.64. The van der Waals surface area contributed by atoms with Crippen LogP contribution >= 0.6 is 11.3 Å². The van der Waals surface area contributed by atoms with Crippen LogP contribution in [0.5, 0.6) is 0 Å². The van der Waals surface area contributed by atoms with E-state index in [0.29, 0.717) is 5.95 Å². The van der Waals surface area contributed by atoms with Gasteiger partial charge in [0.15, 0.2) is 0 Å². The van der Waals surface area contributed by atoms with Crippen molar-refractivity contribution in [2.45, 2.75) is 6.42 Å². The van der Waals surface area contributed by atoms with Gasteiger partial charge in [-0.05, 0) is 23.6 Å². The van der Waals surface area contributed by atoms with E-state index in [0.717, 1.165) is 23.2 Å². The summed E-state index contributed by atoms with van der Waals surface area (Å²) in [7, 11) is 2.06. The maximum atomic E-state index is 4.46. The van der Waals surface area contributed by atoms with Crippen LogP contribution < -0.4 is 5.32 Å². The molecule has 0 saturated carbocycles. The first-order valence-corrected chi connectivity index (χ1v) is 6.75. The Morgan fingerprint density at radius 1 is 1.39 bits per heavy atom. The zero-order valence-electron chi connectivity index (χ0n) is 10.1. The van der Waals surface area contributed by atoms with Crippen molar-refractivity contribution in [1.82, 2.24) is 14.5 Å². The van der Waals surface area contributed by atoms with Gasteiger partial charge in [-0.2, -0.15) is 0 Å². The second-order valence-electron chi connectivity index (χ2n) is 4.15. The molecule has 0 aromatic carbocycles. The zero-order chi connectivity index (χ0) is 12.4. The molecular weight excluding hydrogens is 244 g/mol. The highest BCUT2D eigenvalue weighted by Crippen LogP contribution is 2.18. The number of rotatable bonds is 4. The van der Waals surface area contributed by atoms with E-state index < -0.39 is 0 Å². The number of aryl methyl sites for hydroxylation is 1. The molecule has 0 atom stereocenters. The number of fused-ring (bicyclic) bond motifs is 1. The molecular formula is C13H14N4S. The Morgan fingerprint density at radius 2 is 2.33 bits per heavy atom. The molecule has 0 amide bonds. The second kappa shape index (κ2) is 4.78. The number of aromatic nitrogens is 3. The largest absolute Gasteiger partial charge is 0.354 e. The Labute approximate surface area is 109 Å². The molecule has 4 nitrogen and oxygen atoms in total. The van der Waals surface area contributed by atoms with E-state index in [1.54, 1.807) is 11.3 Å². The fourth-order valence-corrected chi connectivity index (χ4v) is 2.60. The first-order valence-electron chi connectivity index (χ1n) is 5.87. The number of thiophene rings is 1. The summed E-state index contributed by atoms with van der Waals surface area (Å²) in [5.74, 6) is 0.704. The van der Waals surface area contributed by atoms with Gasteiger partial charge in [0.2, 0.25) is 5.95 Å². The molecule has 3 heterocycles. The number of hydrogen-bond donors (Lipinski definition) is 1. The molecule has 3 rings (SSSR count). The monoisotopic (exact) mass is 258 g/mol. The van der Waals surface area contributed by atoms with Crippen LogP contribution in [-0.4, -0.2) is 21.1 Å². The second-order valence-corrected chi connectivity index (χ2v) is 5.10. The van der Waals surface area contributed by atoms with E-state index in [4.69, 9.17) is 0 Å². The maximum absolute atomic E-state index is 4.46. The van der Waals surface area contributed by atoms with Crippen LogP contribution in [0.3, 0.4) is 0 Å². The van der Waals surface area contributed by atoms with Gasteiger partial charge in [-0.25, -0.2) is 9.97 Å². The van der Waals surface area contributed by atoms with Crippen LogP contribution in [0.4, 0.5) is 5.95 Å². The minimum atomic E-state index is 0.704. The zero-order valence-corrected chi connectivity index (χ0v) is 10.9. The predicted molar refractivity (Wildman–Crippen MR) is 75.0 cm³/mol. The molecule has 5 heteroatoms. The van der Waals surface area contributed by atoms with Gasteiger partial charge in [0, 0.05) is 31.9 Å². The van der Waals surface area contributed by atoms with Crippen LogP contribution in [0.25, 0.3) is 10.2 Å². The van der Waals surface area contributed by atoms with Gasteiger partial charge < -0.3 is 9.88 Å². The molecule has 0 bridgehead atoms. The third-order valence-corrected chi connectivity index (χ3v) is 3.76. The first kappa shape index (κ1) is 11.2. The third-order valence-electron chi connectivity index (χ3n) is 2.92. The smallest absolute Gasteiger partial charge is 0.223 e. The molecule has 0 aliphatic rings. The minimum Gasteiger partial charge on any atom is -0.354 e.